The van der Waals surface area contributed by atoms with Crippen molar-refractivity contribution in [2.45, 2.75) is 83.3 Å². The van der Waals surface area contributed by atoms with Crippen molar-refractivity contribution in [1.29, 1.82) is 0 Å². The van der Waals surface area contributed by atoms with Crippen LogP contribution in [-0.2, 0) is 14.3 Å². The first-order chi connectivity index (χ1) is 14.1. The van der Waals surface area contributed by atoms with Gasteiger partial charge in [-0.15, -0.1) is 0 Å². The molecule has 0 bridgehead atoms. The lowest BCUT2D eigenvalue weighted by Crippen LogP contribution is -2.41. The zero-order chi connectivity index (χ0) is 21.1. The van der Waals surface area contributed by atoms with E-state index in [0.717, 1.165) is 19.3 Å². The quantitative estimate of drug-likeness (QED) is 0.366. The Hall–Kier alpha value is -2.11. The molecule has 1 aromatic rings. The van der Waals surface area contributed by atoms with E-state index in [1.165, 1.54) is 45.3 Å². The van der Waals surface area contributed by atoms with Crippen molar-refractivity contribution in [2.75, 3.05) is 13.7 Å². The molecule has 1 aliphatic heterocycles. The molecule has 0 N–H and O–H groups in total. The molecule has 1 fully saturated rings. The first kappa shape index (κ1) is 23.2. The molecule has 0 aromatic heterocycles. The summed E-state index contributed by atoms with van der Waals surface area (Å²) in [4.78, 5) is 26.4. The Labute approximate surface area is 173 Å². The zero-order valence-electron chi connectivity index (χ0n) is 17.7. The average Bonchev–Trinajstić information content (AvgIpc) is 3.15. The topological polar surface area (TPSA) is 55.8 Å². The Balaban J connectivity index is 1.82. The minimum Gasteiger partial charge on any atom is -0.485 e. The van der Waals surface area contributed by atoms with Crippen LogP contribution in [0.25, 0.3) is 0 Å². The molecule has 1 aromatic carbocycles. The van der Waals surface area contributed by atoms with Crippen molar-refractivity contribution in [2.24, 2.45) is 0 Å². The largest absolute Gasteiger partial charge is 0.485 e. The number of unbranched alkanes of at least 4 members (excludes halogenated alkanes) is 7. The fourth-order valence-electron chi connectivity index (χ4n) is 3.79. The van der Waals surface area contributed by atoms with Gasteiger partial charge < -0.3 is 14.4 Å². The van der Waals surface area contributed by atoms with Crippen LogP contribution in [0.2, 0.25) is 0 Å². The summed E-state index contributed by atoms with van der Waals surface area (Å²) in [6.07, 6.45) is 9.54. The number of rotatable bonds is 12. The second-order valence-corrected chi connectivity index (χ2v) is 7.72. The van der Waals surface area contributed by atoms with Crippen molar-refractivity contribution in [3.05, 3.63) is 30.1 Å². The number of halogens is 1. The number of methoxy groups -OCH3 is 1. The van der Waals surface area contributed by atoms with E-state index in [1.54, 1.807) is 23.1 Å². The van der Waals surface area contributed by atoms with E-state index in [9.17, 15) is 14.0 Å². The van der Waals surface area contributed by atoms with E-state index >= 15 is 0 Å². The number of carbonyl (C=O) groups excluding carboxylic acids is 2. The fraction of sp³-hybridized carbons (Fsp3) is 0.652. The molecule has 5 nitrogen and oxygen atoms in total. The summed E-state index contributed by atoms with van der Waals surface area (Å²) in [5, 5.41) is 0. The monoisotopic (exact) mass is 407 g/mol. The molecular formula is C23H34FNO4. The second kappa shape index (κ2) is 12.5. The lowest BCUT2D eigenvalue weighted by atomic mass is 10.1. The maximum Gasteiger partial charge on any atom is 0.328 e. The molecule has 1 aliphatic rings. The van der Waals surface area contributed by atoms with Crippen LogP contribution in [0.15, 0.2) is 24.3 Å². The van der Waals surface area contributed by atoms with Crippen LogP contribution in [-0.4, -0.2) is 42.6 Å². The summed E-state index contributed by atoms with van der Waals surface area (Å²) in [7, 11) is 1.31. The summed E-state index contributed by atoms with van der Waals surface area (Å²) >= 11 is 0. The highest BCUT2D eigenvalue weighted by Gasteiger charge is 2.41. The normalized spacial score (nSPS) is 18.7. The number of carbonyl (C=O) groups is 2. The Morgan fingerprint density at radius 1 is 1.07 bits per heavy atom. The van der Waals surface area contributed by atoms with Gasteiger partial charge in [0.15, 0.2) is 11.6 Å². The van der Waals surface area contributed by atoms with Crippen molar-refractivity contribution in [1.82, 2.24) is 4.90 Å². The highest BCUT2D eigenvalue weighted by Crippen LogP contribution is 2.26. The van der Waals surface area contributed by atoms with Gasteiger partial charge in [-0.3, -0.25) is 4.79 Å². The third-order valence-corrected chi connectivity index (χ3v) is 5.43. The van der Waals surface area contributed by atoms with Gasteiger partial charge >= 0.3 is 5.97 Å². The molecule has 0 radical (unpaired) electrons. The Morgan fingerprint density at radius 3 is 2.38 bits per heavy atom. The lowest BCUT2D eigenvalue weighted by molar-refractivity contribution is -0.151. The van der Waals surface area contributed by atoms with E-state index in [4.69, 9.17) is 9.47 Å². The van der Waals surface area contributed by atoms with Gasteiger partial charge in [0.25, 0.3) is 0 Å². The van der Waals surface area contributed by atoms with Crippen LogP contribution in [0.1, 0.15) is 71.1 Å². The number of benzene rings is 1. The highest BCUT2D eigenvalue weighted by molar-refractivity contribution is 5.85. The van der Waals surface area contributed by atoms with E-state index in [2.05, 4.69) is 6.92 Å². The smallest absolute Gasteiger partial charge is 0.328 e. The molecule has 1 saturated heterocycles. The number of esters is 1. The van der Waals surface area contributed by atoms with Gasteiger partial charge in [0.05, 0.1) is 13.7 Å². The van der Waals surface area contributed by atoms with E-state index in [1.807, 2.05) is 0 Å². The molecule has 0 saturated carbocycles. The third kappa shape index (κ3) is 7.33. The standard InChI is InChI=1S/C23H34FNO4/c1-3-4-5-6-7-8-9-10-15-22(26)25-17-18(16-20(25)23(27)28-2)29-21-14-12-11-13-19(21)24/h11-14,18,20H,3-10,15-17H2,1-2H3. The molecular weight excluding hydrogens is 373 g/mol. The zero-order valence-corrected chi connectivity index (χ0v) is 17.7. The van der Waals surface area contributed by atoms with Crippen molar-refractivity contribution < 1.29 is 23.5 Å². The number of nitrogens with zero attached hydrogens (tertiary/aromatic N) is 1. The predicted molar refractivity (Wildman–Crippen MR) is 110 cm³/mol. The van der Waals surface area contributed by atoms with Crippen molar-refractivity contribution >= 4 is 11.9 Å². The van der Waals surface area contributed by atoms with Gasteiger partial charge in [0, 0.05) is 12.8 Å². The van der Waals surface area contributed by atoms with Crippen LogP contribution < -0.4 is 4.74 Å². The van der Waals surface area contributed by atoms with Crippen LogP contribution in [0, 0.1) is 5.82 Å². The van der Waals surface area contributed by atoms with Crippen LogP contribution in [0.3, 0.4) is 0 Å². The van der Waals surface area contributed by atoms with Gasteiger partial charge in [0.2, 0.25) is 5.91 Å². The maximum absolute atomic E-state index is 13.9. The van der Waals surface area contributed by atoms with E-state index in [0.29, 0.717) is 12.8 Å². The van der Waals surface area contributed by atoms with Gasteiger partial charge in [-0.05, 0) is 18.6 Å². The summed E-state index contributed by atoms with van der Waals surface area (Å²) in [6, 6.07) is 5.49. The molecule has 0 aliphatic carbocycles. The molecule has 6 heteroatoms. The molecule has 162 valence electrons. The molecule has 0 spiro atoms. The van der Waals surface area contributed by atoms with Gasteiger partial charge in [0.1, 0.15) is 12.1 Å². The SMILES string of the molecule is CCCCCCCCCCC(=O)N1CC(Oc2ccccc2F)CC1C(=O)OC. The number of ether oxygens (including phenoxy) is 2. The van der Waals surface area contributed by atoms with Crippen molar-refractivity contribution in [3.63, 3.8) is 0 Å². The Bertz CT molecular complexity index is 652. The molecule has 29 heavy (non-hydrogen) atoms. The minimum absolute atomic E-state index is 0.0639. The minimum atomic E-state index is -0.668. The fourth-order valence-corrected chi connectivity index (χ4v) is 3.79. The average molecular weight is 408 g/mol. The van der Waals surface area contributed by atoms with Gasteiger partial charge in [-0.2, -0.15) is 0 Å². The summed E-state index contributed by atoms with van der Waals surface area (Å²) in [5.74, 6) is -0.829. The molecule has 1 amide bonds. The maximum atomic E-state index is 13.9. The van der Waals surface area contributed by atoms with E-state index < -0.39 is 23.9 Å². The lowest BCUT2D eigenvalue weighted by Gasteiger charge is -2.22. The first-order valence-electron chi connectivity index (χ1n) is 10.8. The van der Waals surface area contributed by atoms with Crippen molar-refractivity contribution in [3.8, 4) is 5.75 Å². The predicted octanol–water partition coefficient (Wildman–Crippen LogP) is 4.88. The Morgan fingerprint density at radius 2 is 1.72 bits per heavy atom. The number of amides is 1. The number of hydrogen-bond donors (Lipinski definition) is 0. The summed E-state index contributed by atoms with van der Waals surface area (Å²) in [6.45, 7) is 2.47. The third-order valence-electron chi connectivity index (χ3n) is 5.43. The van der Waals surface area contributed by atoms with Crippen LogP contribution in [0.4, 0.5) is 4.39 Å². The molecule has 2 unspecified atom stereocenters. The van der Waals surface area contributed by atoms with Gasteiger partial charge in [-0.25, -0.2) is 9.18 Å². The van der Waals surface area contributed by atoms with Gasteiger partial charge in [-0.1, -0.05) is 64.0 Å². The summed E-state index contributed by atoms with van der Waals surface area (Å²) in [5.41, 5.74) is 0. The second-order valence-electron chi connectivity index (χ2n) is 7.72. The number of hydrogen-bond acceptors (Lipinski definition) is 4. The van der Waals surface area contributed by atoms with Crippen LogP contribution >= 0.6 is 0 Å². The number of para-hydroxylation sites is 1. The molecule has 1 heterocycles. The highest BCUT2D eigenvalue weighted by atomic mass is 19.1. The summed E-state index contributed by atoms with van der Waals surface area (Å²) < 4.78 is 24.4. The molecule has 2 rings (SSSR count). The Kier molecular flexibility index (Phi) is 9.95. The molecule has 2 atom stereocenters. The first-order valence-corrected chi connectivity index (χ1v) is 10.8. The van der Waals surface area contributed by atoms with Crippen LogP contribution in [0.5, 0.6) is 5.75 Å². The number of likely N-dealkylation sites (tertiary alicyclic amines) is 1. The van der Waals surface area contributed by atoms with E-state index in [-0.39, 0.29) is 18.2 Å².